The van der Waals surface area contributed by atoms with Crippen molar-refractivity contribution in [2.45, 2.75) is 6.42 Å². The van der Waals surface area contributed by atoms with Crippen LogP contribution in [0.4, 0.5) is 4.39 Å². The molecule has 2 nitrogen and oxygen atoms in total. The molecular weight excluding hydrogens is 111 g/mol. The summed E-state index contributed by atoms with van der Waals surface area (Å²) >= 11 is 0. The molecule has 46 valence electrons. The number of halogens is 1. The standard InChI is InChI=1S/C5H7FO2/c6-2-3-1-4(3)5(7)8/h3-4H,1-2H2,(H,7,8). The fourth-order valence-corrected chi connectivity index (χ4v) is 0.721. The fraction of sp³-hybridized carbons (Fsp3) is 0.800. The molecule has 0 aromatic carbocycles. The van der Waals surface area contributed by atoms with E-state index in [0.29, 0.717) is 6.42 Å². The van der Waals surface area contributed by atoms with Crippen molar-refractivity contribution in [3.63, 3.8) is 0 Å². The summed E-state index contributed by atoms with van der Waals surface area (Å²) in [4.78, 5) is 9.96. The highest BCUT2D eigenvalue weighted by Gasteiger charge is 2.42. The van der Waals surface area contributed by atoms with E-state index in [1.54, 1.807) is 0 Å². The van der Waals surface area contributed by atoms with E-state index in [1.807, 2.05) is 0 Å². The van der Waals surface area contributed by atoms with Gasteiger partial charge in [0.05, 0.1) is 12.6 Å². The Hall–Kier alpha value is -0.600. The molecule has 1 aliphatic rings. The molecule has 0 aromatic rings. The van der Waals surface area contributed by atoms with Crippen LogP contribution < -0.4 is 0 Å². The van der Waals surface area contributed by atoms with E-state index in [4.69, 9.17) is 5.11 Å². The van der Waals surface area contributed by atoms with Crippen molar-refractivity contribution in [2.24, 2.45) is 11.8 Å². The second-order valence-electron chi connectivity index (χ2n) is 2.09. The molecule has 3 heteroatoms. The molecule has 2 unspecified atom stereocenters. The van der Waals surface area contributed by atoms with Crippen molar-refractivity contribution < 1.29 is 14.3 Å². The topological polar surface area (TPSA) is 37.3 Å². The summed E-state index contributed by atoms with van der Waals surface area (Å²) in [5.74, 6) is -1.40. The molecule has 0 aromatic heterocycles. The van der Waals surface area contributed by atoms with Gasteiger partial charge in [-0.1, -0.05) is 0 Å². The van der Waals surface area contributed by atoms with Crippen LogP contribution in [0.15, 0.2) is 0 Å². The van der Waals surface area contributed by atoms with E-state index < -0.39 is 12.6 Å². The average Bonchev–Trinajstić information content (AvgIpc) is 2.42. The molecule has 1 saturated carbocycles. The van der Waals surface area contributed by atoms with Gasteiger partial charge in [0.15, 0.2) is 0 Å². The summed E-state index contributed by atoms with van der Waals surface area (Å²) in [7, 11) is 0. The van der Waals surface area contributed by atoms with Gasteiger partial charge in [0.2, 0.25) is 0 Å². The third-order valence-electron chi connectivity index (χ3n) is 1.44. The number of aliphatic carboxylic acids is 1. The predicted octanol–water partition coefficient (Wildman–Crippen LogP) is 0.677. The van der Waals surface area contributed by atoms with Crippen LogP contribution in [-0.4, -0.2) is 17.8 Å². The third kappa shape index (κ3) is 0.804. The van der Waals surface area contributed by atoms with Crippen molar-refractivity contribution in [2.75, 3.05) is 6.67 Å². The summed E-state index contributed by atoms with van der Waals surface area (Å²) in [6, 6.07) is 0. The Labute approximate surface area is 46.3 Å². The maximum absolute atomic E-state index is 11.5. The lowest BCUT2D eigenvalue weighted by Crippen LogP contribution is -1.99. The Balaban J connectivity index is 2.26. The van der Waals surface area contributed by atoms with Crippen molar-refractivity contribution in [1.82, 2.24) is 0 Å². The Bertz CT molecular complexity index is 113. The molecule has 1 rings (SSSR count). The first-order valence-electron chi connectivity index (χ1n) is 2.54. The average molecular weight is 118 g/mol. The highest BCUT2D eigenvalue weighted by molar-refractivity contribution is 5.73. The number of rotatable bonds is 2. The van der Waals surface area contributed by atoms with Gasteiger partial charge < -0.3 is 5.11 Å². The number of carboxylic acids is 1. The highest BCUT2D eigenvalue weighted by Crippen LogP contribution is 2.38. The van der Waals surface area contributed by atoms with Gasteiger partial charge in [-0.05, 0) is 6.42 Å². The molecule has 1 aliphatic carbocycles. The van der Waals surface area contributed by atoms with Crippen molar-refractivity contribution in [1.29, 1.82) is 0 Å². The first kappa shape index (κ1) is 5.54. The molecule has 0 aliphatic heterocycles. The Morgan fingerprint density at radius 2 is 2.50 bits per heavy atom. The molecule has 1 N–H and O–H groups in total. The van der Waals surface area contributed by atoms with Gasteiger partial charge >= 0.3 is 5.97 Å². The SMILES string of the molecule is O=C(O)C1CC1CF. The second kappa shape index (κ2) is 1.73. The van der Waals surface area contributed by atoms with Gasteiger partial charge in [-0.3, -0.25) is 9.18 Å². The van der Waals surface area contributed by atoms with Gasteiger partial charge in [-0.15, -0.1) is 0 Å². The van der Waals surface area contributed by atoms with E-state index in [0.717, 1.165) is 0 Å². The summed E-state index contributed by atoms with van der Waals surface area (Å²) < 4.78 is 11.5. The van der Waals surface area contributed by atoms with E-state index in [1.165, 1.54) is 0 Å². The lowest BCUT2D eigenvalue weighted by Gasteiger charge is -1.83. The van der Waals surface area contributed by atoms with Gasteiger partial charge in [0.1, 0.15) is 0 Å². The van der Waals surface area contributed by atoms with Crippen LogP contribution in [0.1, 0.15) is 6.42 Å². The van der Waals surface area contributed by atoms with Gasteiger partial charge in [0.25, 0.3) is 0 Å². The molecule has 0 spiro atoms. The number of hydrogen-bond donors (Lipinski definition) is 1. The summed E-state index contributed by atoms with van der Waals surface area (Å²) in [6.45, 7) is -0.475. The third-order valence-corrected chi connectivity index (χ3v) is 1.44. The van der Waals surface area contributed by atoms with E-state index in [-0.39, 0.29) is 11.8 Å². The van der Waals surface area contributed by atoms with Crippen LogP contribution in [0, 0.1) is 11.8 Å². The predicted molar refractivity (Wildman–Crippen MR) is 25.2 cm³/mol. The van der Waals surface area contributed by atoms with Crippen molar-refractivity contribution in [3.05, 3.63) is 0 Å². The first-order valence-corrected chi connectivity index (χ1v) is 2.54. The molecular formula is C5H7FO2. The number of carboxylic acid groups (broad SMARTS) is 1. The summed E-state index contributed by atoms with van der Waals surface area (Å²) in [5.41, 5.74) is 0. The minimum atomic E-state index is -0.854. The van der Waals surface area contributed by atoms with Crippen LogP contribution in [0.25, 0.3) is 0 Å². The lowest BCUT2D eigenvalue weighted by atomic mass is 10.3. The van der Waals surface area contributed by atoms with Crippen LogP contribution in [0.2, 0.25) is 0 Å². The van der Waals surface area contributed by atoms with E-state index in [9.17, 15) is 9.18 Å². The van der Waals surface area contributed by atoms with E-state index >= 15 is 0 Å². The second-order valence-corrected chi connectivity index (χ2v) is 2.09. The summed E-state index contributed by atoms with van der Waals surface area (Å²) in [6.07, 6.45) is 0.534. The van der Waals surface area contributed by atoms with Crippen LogP contribution in [-0.2, 0) is 4.79 Å². The number of carbonyl (C=O) groups is 1. The zero-order valence-corrected chi connectivity index (χ0v) is 4.30. The van der Waals surface area contributed by atoms with Crippen LogP contribution >= 0.6 is 0 Å². The first-order chi connectivity index (χ1) is 3.75. The molecule has 0 amide bonds. The monoisotopic (exact) mass is 118 g/mol. The Kier molecular flexibility index (Phi) is 1.19. The molecule has 0 heterocycles. The van der Waals surface area contributed by atoms with E-state index in [2.05, 4.69) is 0 Å². The fourth-order valence-electron chi connectivity index (χ4n) is 0.721. The molecule has 0 bridgehead atoms. The van der Waals surface area contributed by atoms with Gasteiger partial charge in [0, 0.05) is 5.92 Å². The normalized spacial score (nSPS) is 34.6. The van der Waals surface area contributed by atoms with Crippen molar-refractivity contribution >= 4 is 5.97 Å². The van der Waals surface area contributed by atoms with Gasteiger partial charge in [-0.2, -0.15) is 0 Å². The smallest absolute Gasteiger partial charge is 0.306 e. The van der Waals surface area contributed by atoms with Crippen LogP contribution in [0.5, 0.6) is 0 Å². The van der Waals surface area contributed by atoms with Crippen LogP contribution in [0.3, 0.4) is 0 Å². The number of hydrogen-bond acceptors (Lipinski definition) is 1. The minimum absolute atomic E-state index is 0.174. The maximum atomic E-state index is 11.5. The molecule has 2 atom stereocenters. The maximum Gasteiger partial charge on any atom is 0.306 e. The Morgan fingerprint density at radius 1 is 1.88 bits per heavy atom. The van der Waals surface area contributed by atoms with Gasteiger partial charge in [-0.25, -0.2) is 0 Å². The highest BCUT2D eigenvalue weighted by atomic mass is 19.1. The van der Waals surface area contributed by atoms with Crippen molar-refractivity contribution in [3.8, 4) is 0 Å². The zero-order chi connectivity index (χ0) is 6.15. The Morgan fingerprint density at radius 3 is 2.62 bits per heavy atom. The quantitative estimate of drug-likeness (QED) is 0.578. The zero-order valence-electron chi connectivity index (χ0n) is 4.30. The number of alkyl halides is 1. The molecule has 0 radical (unpaired) electrons. The molecule has 0 saturated heterocycles. The minimum Gasteiger partial charge on any atom is -0.481 e. The largest absolute Gasteiger partial charge is 0.481 e. The molecule has 8 heavy (non-hydrogen) atoms. The summed E-state index contributed by atoms with van der Waals surface area (Å²) in [5, 5.41) is 8.19. The lowest BCUT2D eigenvalue weighted by molar-refractivity contribution is -0.138. The molecule has 1 fully saturated rings.